The summed E-state index contributed by atoms with van der Waals surface area (Å²) in [6.07, 6.45) is 2.03. The van der Waals surface area contributed by atoms with E-state index in [1.165, 1.54) is 5.56 Å². The largest absolute Gasteiger partial charge is 0.354 e. The Hall–Kier alpha value is -2.48. The molecule has 2 aromatic carbocycles. The highest BCUT2D eigenvalue weighted by atomic mass is 15.0. The second-order valence-corrected chi connectivity index (χ2v) is 4.75. The normalized spacial score (nSPS) is 13.7. The van der Waals surface area contributed by atoms with Gasteiger partial charge < -0.3 is 10.6 Å². The first-order valence-corrected chi connectivity index (χ1v) is 6.33. The third-order valence-electron chi connectivity index (χ3n) is 3.14. The van der Waals surface area contributed by atoms with E-state index in [-0.39, 0.29) is 0 Å². The van der Waals surface area contributed by atoms with Crippen molar-refractivity contribution in [1.29, 1.82) is 0 Å². The van der Waals surface area contributed by atoms with Gasteiger partial charge in [0.2, 0.25) is 0 Å². The van der Waals surface area contributed by atoms with E-state index >= 15 is 0 Å². The van der Waals surface area contributed by atoms with Crippen LogP contribution in [0.4, 0.5) is 11.4 Å². The molecule has 0 aliphatic carbocycles. The van der Waals surface area contributed by atoms with Crippen molar-refractivity contribution in [1.82, 2.24) is 0 Å². The molecule has 2 N–H and O–H groups in total. The van der Waals surface area contributed by atoms with Gasteiger partial charge in [0, 0.05) is 11.4 Å². The zero-order valence-corrected chi connectivity index (χ0v) is 10.9. The molecule has 1 aliphatic rings. The molecule has 0 saturated carbocycles. The molecule has 2 heteroatoms. The van der Waals surface area contributed by atoms with E-state index < -0.39 is 0 Å². The molecule has 1 aliphatic heterocycles. The summed E-state index contributed by atoms with van der Waals surface area (Å²) in [6, 6.07) is 16.6. The maximum absolute atomic E-state index is 4.05. The monoisotopic (exact) mass is 248 g/mol. The number of hydrogen-bond donors (Lipinski definition) is 2. The Morgan fingerprint density at radius 1 is 0.895 bits per heavy atom. The van der Waals surface area contributed by atoms with Crippen LogP contribution < -0.4 is 10.6 Å². The van der Waals surface area contributed by atoms with Gasteiger partial charge in [-0.15, -0.1) is 0 Å². The Morgan fingerprint density at radius 2 is 1.68 bits per heavy atom. The molecule has 94 valence electrons. The third kappa shape index (κ3) is 2.38. The van der Waals surface area contributed by atoms with E-state index in [4.69, 9.17) is 0 Å². The average Bonchev–Trinajstić information content (AvgIpc) is 2.57. The van der Waals surface area contributed by atoms with Crippen LogP contribution in [0, 0.1) is 6.92 Å². The lowest BCUT2D eigenvalue weighted by Crippen LogP contribution is -1.98. The fourth-order valence-electron chi connectivity index (χ4n) is 2.21. The van der Waals surface area contributed by atoms with Crippen molar-refractivity contribution in [2.75, 3.05) is 10.6 Å². The van der Waals surface area contributed by atoms with Gasteiger partial charge in [0.1, 0.15) is 0 Å². The SMILES string of the molecule is C=C1C=C(c2ccccc2)Nc2ccc(C)cc2N1. The van der Waals surface area contributed by atoms with Crippen LogP contribution in [0.2, 0.25) is 0 Å². The van der Waals surface area contributed by atoms with Crippen LogP contribution >= 0.6 is 0 Å². The van der Waals surface area contributed by atoms with Gasteiger partial charge in [0.15, 0.2) is 0 Å². The van der Waals surface area contributed by atoms with Crippen molar-refractivity contribution in [3.63, 3.8) is 0 Å². The van der Waals surface area contributed by atoms with Gasteiger partial charge in [-0.2, -0.15) is 0 Å². The zero-order chi connectivity index (χ0) is 13.2. The summed E-state index contributed by atoms with van der Waals surface area (Å²) in [7, 11) is 0. The minimum absolute atomic E-state index is 0.885. The van der Waals surface area contributed by atoms with Gasteiger partial charge in [-0.05, 0) is 36.3 Å². The van der Waals surface area contributed by atoms with Crippen LogP contribution in [0.25, 0.3) is 5.70 Å². The number of allylic oxidation sites excluding steroid dienone is 1. The van der Waals surface area contributed by atoms with Crippen LogP contribution in [-0.4, -0.2) is 0 Å². The van der Waals surface area contributed by atoms with Gasteiger partial charge in [0.25, 0.3) is 0 Å². The second kappa shape index (κ2) is 4.65. The lowest BCUT2D eigenvalue weighted by molar-refractivity contribution is 1.43. The quantitative estimate of drug-likeness (QED) is 0.782. The van der Waals surface area contributed by atoms with Crippen LogP contribution in [0.1, 0.15) is 11.1 Å². The molecular formula is C17H16N2. The smallest absolute Gasteiger partial charge is 0.0626 e. The standard InChI is InChI=1S/C17H16N2/c1-12-8-9-15-17(10-12)18-13(2)11-16(19-15)14-6-4-3-5-7-14/h3-11,18-19H,2H2,1H3. The first kappa shape index (κ1) is 11.6. The Balaban J connectivity index is 2.05. The van der Waals surface area contributed by atoms with E-state index in [2.05, 4.69) is 54.5 Å². The number of hydrogen-bond acceptors (Lipinski definition) is 2. The van der Waals surface area contributed by atoms with Gasteiger partial charge >= 0.3 is 0 Å². The number of nitrogens with one attached hydrogen (secondary N) is 2. The van der Waals surface area contributed by atoms with Crippen LogP contribution in [0.3, 0.4) is 0 Å². The lowest BCUT2D eigenvalue weighted by Gasteiger charge is -2.12. The molecule has 0 amide bonds. The predicted octanol–water partition coefficient (Wildman–Crippen LogP) is 4.39. The van der Waals surface area contributed by atoms with E-state index in [1.54, 1.807) is 0 Å². The number of fused-ring (bicyclic) bond motifs is 1. The molecule has 0 aromatic heterocycles. The molecule has 0 atom stereocenters. The maximum atomic E-state index is 4.05. The number of benzene rings is 2. The van der Waals surface area contributed by atoms with Crippen molar-refractivity contribution in [2.24, 2.45) is 0 Å². The Morgan fingerprint density at radius 3 is 2.47 bits per heavy atom. The molecular weight excluding hydrogens is 232 g/mol. The van der Waals surface area contributed by atoms with Crippen LogP contribution in [-0.2, 0) is 0 Å². The molecule has 0 fully saturated rings. The van der Waals surface area contributed by atoms with E-state index in [1.807, 2.05) is 24.3 Å². The van der Waals surface area contributed by atoms with Gasteiger partial charge in [0.05, 0.1) is 11.4 Å². The van der Waals surface area contributed by atoms with Crippen LogP contribution in [0.15, 0.2) is 66.9 Å². The van der Waals surface area contributed by atoms with Gasteiger partial charge in [-0.3, -0.25) is 0 Å². The van der Waals surface area contributed by atoms with E-state index in [0.29, 0.717) is 0 Å². The van der Waals surface area contributed by atoms with Crippen molar-refractivity contribution in [3.8, 4) is 0 Å². The Bertz CT molecular complexity index is 654. The first-order valence-electron chi connectivity index (χ1n) is 6.33. The number of anilines is 2. The van der Waals surface area contributed by atoms with Crippen LogP contribution in [0.5, 0.6) is 0 Å². The van der Waals surface area contributed by atoms with Crippen molar-refractivity contribution < 1.29 is 0 Å². The number of aryl methyl sites for hydroxylation is 1. The molecule has 0 spiro atoms. The highest BCUT2D eigenvalue weighted by Crippen LogP contribution is 2.31. The molecule has 2 nitrogen and oxygen atoms in total. The summed E-state index contributed by atoms with van der Waals surface area (Å²) in [5.41, 5.74) is 6.45. The maximum Gasteiger partial charge on any atom is 0.0626 e. The molecule has 0 unspecified atom stereocenters. The Labute approximate surface area is 113 Å². The molecule has 19 heavy (non-hydrogen) atoms. The summed E-state index contributed by atoms with van der Waals surface area (Å²) in [6.45, 7) is 6.14. The van der Waals surface area contributed by atoms with E-state index in [0.717, 1.165) is 28.3 Å². The molecule has 3 rings (SSSR count). The fraction of sp³-hybridized carbons (Fsp3) is 0.0588. The fourth-order valence-corrected chi connectivity index (χ4v) is 2.21. The number of rotatable bonds is 1. The molecule has 2 aromatic rings. The summed E-state index contributed by atoms with van der Waals surface area (Å²) < 4.78 is 0. The third-order valence-corrected chi connectivity index (χ3v) is 3.14. The van der Waals surface area contributed by atoms with E-state index in [9.17, 15) is 0 Å². The minimum Gasteiger partial charge on any atom is -0.354 e. The molecule has 0 saturated heterocycles. The highest BCUT2D eigenvalue weighted by molar-refractivity contribution is 5.87. The summed E-state index contributed by atoms with van der Waals surface area (Å²) in [5, 5.41) is 6.80. The Kier molecular flexibility index (Phi) is 2.84. The van der Waals surface area contributed by atoms with Crippen molar-refractivity contribution in [3.05, 3.63) is 78.0 Å². The first-order chi connectivity index (χ1) is 9.22. The molecule has 1 heterocycles. The lowest BCUT2D eigenvalue weighted by atomic mass is 10.1. The van der Waals surface area contributed by atoms with Crippen molar-refractivity contribution >= 4 is 17.1 Å². The van der Waals surface area contributed by atoms with Gasteiger partial charge in [-0.25, -0.2) is 0 Å². The van der Waals surface area contributed by atoms with Crippen molar-refractivity contribution in [2.45, 2.75) is 6.92 Å². The topological polar surface area (TPSA) is 24.1 Å². The highest BCUT2D eigenvalue weighted by Gasteiger charge is 2.11. The predicted molar refractivity (Wildman–Crippen MR) is 82.0 cm³/mol. The minimum atomic E-state index is 0.885. The summed E-state index contributed by atoms with van der Waals surface area (Å²) in [4.78, 5) is 0. The summed E-state index contributed by atoms with van der Waals surface area (Å²) in [5.74, 6) is 0. The summed E-state index contributed by atoms with van der Waals surface area (Å²) >= 11 is 0. The zero-order valence-electron chi connectivity index (χ0n) is 10.9. The molecule has 0 bridgehead atoms. The average molecular weight is 248 g/mol. The molecule has 0 radical (unpaired) electrons. The van der Waals surface area contributed by atoms with Gasteiger partial charge in [-0.1, -0.05) is 43.0 Å². The second-order valence-electron chi connectivity index (χ2n) is 4.75.